The van der Waals surface area contributed by atoms with Gasteiger partial charge in [-0.05, 0) is 32.9 Å². The maximum Gasteiger partial charge on any atom is 0.223 e. The highest BCUT2D eigenvalue weighted by Gasteiger charge is 2.52. The number of aliphatic hydroxyl groups excluding tert-OH is 1. The number of carbonyl (C=O) groups is 1. The maximum absolute atomic E-state index is 11.6. The monoisotopic (exact) mass is 351 g/mol. The van der Waals surface area contributed by atoms with Gasteiger partial charge >= 0.3 is 0 Å². The molecule has 7 heteroatoms. The van der Waals surface area contributed by atoms with Gasteiger partial charge in [-0.25, -0.2) is 0 Å². The van der Waals surface area contributed by atoms with Crippen LogP contribution in [0.15, 0.2) is 24.3 Å². The van der Waals surface area contributed by atoms with Crippen molar-refractivity contribution in [3.8, 4) is 5.75 Å². The average molecular weight is 351 g/mol. The number of ether oxygens (including phenoxy) is 4. The molecule has 2 aliphatic heterocycles. The molecule has 1 aromatic rings. The summed E-state index contributed by atoms with van der Waals surface area (Å²) in [6, 6.07) is 6.71. The van der Waals surface area contributed by atoms with Crippen molar-refractivity contribution in [3.63, 3.8) is 0 Å². The van der Waals surface area contributed by atoms with Crippen LogP contribution in [-0.2, 0) is 19.0 Å². The fourth-order valence-corrected chi connectivity index (χ4v) is 3.08. The summed E-state index contributed by atoms with van der Waals surface area (Å²) < 4.78 is 23.3. The van der Waals surface area contributed by atoms with Crippen molar-refractivity contribution in [1.82, 2.24) is 5.32 Å². The molecule has 2 fully saturated rings. The first-order valence-electron chi connectivity index (χ1n) is 8.41. The van der Waals surface area contributed by atoms with E-state index in [-0.39, 0.29) is 12.5 Å². The lowest BCUT2D eigenvalue weighted by molar-refractivity contribution is -0.361. The fraction of sp³-hybridized carbons (Fsp3) is 0.611. The summed E-state index contributed by atoms with van der Waals surface area (Å²) in [6.07, 6.45) is -2.93. The Kier molecular flexibility index (Phi) is 5.02. The van der Waals surface area contributed by atoms with E-state index in [1.54, 1.807) is 13.8 Å². The molecule has 5 atom stereocenters. The molecule has 2 saturated heterocycles. The van der Waals surface area contributed by atoms with Gasteiger partial charge in [0.2, 0.25) is 12.2 Å². The fourth-order valence-electron chi connectivity index (χ4n) is 3.08. The van der Waals surface area contributed by atoms with Crippen LogP contribution in [0.4, 0.5) is 0 Å². The second-order valence-electron chi connectivity index (χ2n) is 6.98. The molecule has 2 heterocycles. The van der Waals surface area contributed by atoms with Crippen molar-refractivity contribution in [3.05, 3.63) is 29.8 Å². The SMILES string of the molecule is CC(=O)N[C@H]1[C@H](Oc2ccc(C)cc2)O[C@H]2COC(C)(C)O[C@@H]2[C@H]1O. The first kappa shape index (κ1) is 18.1. The number of rotatable bonds is 3. The van der Waals surface area contributed by atoms with Crippen molar-refractivity contribution in [2.75, 3.05) is 6.61 Å². The van der Waals surface area contributed by atoms with E-state index < -0.39 is 36.4 Å². The van der Waals surface area contributed by atoms with E-state index >= 15 is 0 Å². The van der Waals surface area contributed by atoms with Crippen LogP contribution >= 0.6 is 0 Å². The third kappa shape index (κ3) is 4.12. The summed E-state index contributed by atoms with van der Waals surface area (Å²) in [5.41, 5.74) is 1.10. The lowest BCUT2D eigenvalue weighted by Crippen LogP contribution is -2.69. The zero-order valence-electron chi connectivity index (χ0n) is 14.9. The second kappa shape index (κ2) is 6.92. The Morgan fingerprint density at radius 1 is 1.32 bits per heavy atom. The van der Waals surface area contributed by atoms with Crippen LogP contribution in [0.3, 0.4) is 0 Å². The van der Waals surface area contributed by atoms with E-state index in [2.05, 4.69) is 5.32 Å². The van der Waals surface area contributed by atoms with Gasteiger partial charge in [-0.3, -0.25) is 4.79 Å². The van der Waals surface area contributed by atoms with E-state index in [4.69, 9.17) is 18.9 Å². The number of fused-ring (bicyclic) bond motifs is 1. The van der Waals surface area contributed by atoms with E-state index in [0.717, 1.165) is 5.56 Å². The van der Waals surface area contributed by atoms with Gasteiger partial charge in [0.05, 0.1) is 6.61 Å². The van der Waals surface area contributed by atoms with Crippen LogP contribution in [0, 0.1) is 6.92 Å². The summed E-state index contributed by atoms with van der Waals surface area (Å²) in [7, 11) is 0. The van der Waals surface area contributed by atoms with Crippen LogP contribution in [0.1, 0.15) is 26.3 Å². The van der Waals surface area contributed by atoms with E-state index in [1.807, 2.05) is 31.2 Å². The molecule has 0 unspecified atom stereocenters. The van der Waals surface area contributed by atoms with Crippen LogP contribution in [0.25, 0.3) is 0 Å². The molecule has 138 valence electrons. The van der Waals surface area contributed by atoms with Gasteiger partial charge in [0, 0.05) is 6.92 Å². The predicted octanol–water partition coefficient (Wildman–Crippen LogP) is 1.12. The molecule has 0 bridgehead atoms. The summed E-state index contributed by atoms with van der Waals surface area (Å²) in [5.74, 6) is -0.513. The topological polar surface area (TPSA) is 86.3 Å². The van der Waals surface area contributed by atoms with Crippen LogP contribution in [-0.4, -0.2) is 54.1 Å². The number of amides is 1. The number of aliphatic hydroxyl groups is 1. The van der Waals surface area contributed by atoms with Crippen molar-refractivity contribution in [1.29, 1.82) is 0 Å². The summed E-state index contributed by atoms with van der Waals surface area (Å²) in [6.45, 7) is 7.19. The van der Waals surface area contributed by atoms with Crippen LogP contribution in [0.2, 0.25) is 0 Å². The molecular formula is C18H25NO6. The number of nitrogens with one attached hydrogen (secondary N) is 1. The lowest BCUT2D eigenvalue weighted by atomic mass is 9.95. The Morgan fingerprint density at radius 3 is 2.64 bits per heavy atom. The molecule has 1 aromatic carbocycles. The summed E-state index contributed by atoms with van der Waals surface area (Å²) in [4.78, 5) is 11.6. The van der Waals surface area contributed by atoms with Gasteiger partial charge in [-0.2, -0.15) is 0 Å². The third-order valence-corrected chi connectivity index (χ3v) is 4.33. The maximum atomic E-state index is 11.6. The largest absolute Gasteiger partial charge is 0.463 e. The average Bonchev–Trinajstić information content (AvgIpc) is 2.53. The molecule has 0 aliphatic carbocycles. The zero-order valence-corrected chi connectivity index (χ0v) is 14.9. The van der Waals surface area contributed by atoms with Gasteiger partial charge in [0.15, 0.2) is 5.79 Å². The minimum Gasteiger partial charge on any atom is -0.463 e. The molecule has 0 aromatic heterocycles. The van der Waals surface area contributed by atoms with Gasteiger partial charge < -0.3 is 29.4 Å². The predicted molar refractivity (Wildman–Crippen MR) is 89.0 cm³/mol. The molecule has 1 amide bonds. The second-order valence-corrected chi connectivity index (χ2v) is 6.98. The Bertz CT molecular complexity index is 616. The molecule has 3 rings (SSSR count). The van der Waals surface area contributed by atoms with Gasteiger partial charge in [0.1, 0.15) is 30.1 Å². The molecule has 2 N–H and O–H groups in total. The molecule has 25 heavy (non-hydrogen) atoms. The molecule has 7 nitrogen and oxygen atoms in total. The summed E-state index contributed by atoms with van der Waals surface area (Å²) >= 11 is 0. The highest BCUT2D eigenvalue weighted by atomic mass is 16.8. The Labute approximate surface area is 147 Å². The highest BCUT2D eigenvalue weighted by Crippen LogP contribution is 2.33. The Morgan fingerprint density at radius 2 is 2.00 bits per heavy atom. The van der Waals surface area contributed by atoms with E-state index in [0.29, 0.717) is 5.75 Å². The van der Waals surface area contributed by atoms with Gasteiger partial charge in [-0.15, -0.1) is 0 Å². The van der Waals surface area contributed by atoms with Crippen LogP contribution < -0.4 is 10.1 Å². The molecular weight excluding hydrogens is 326 g/mol. The number of benzene rings is 1. The normalized spacial score (nSPS) is 34.0. The van der Waals surface area contributed by atoms with Crippen molar-refractivity contribution >= 4 is 5.91 Å². The number of carbonyl (C=O) groups excluding carboxylic acids is 1. The summed E-state index contributed by atoms with van der Waals surface area (Å²) in [5, 5.41) is 13.5. The molecule has 0 spiro atoms. The standard InChI is InChI=1S/C18H25NO6/c1-10-5-7-12(8-6-10)23-17-14(19-11(2)20)15(21)16-13(24-17)9-22-18(3,4)25-16/h5-8,13-17,21H,9H2,1-4H3,(H,19,20)/t13-,14+,15-,16-,17+/m0/s1. The lowest BCUT2D eigenvalue weighted by Gasteiger charge is -2.49. The number of hydrogen-bond donors (Lipinski definition) is 2. The minimum absolute atomic E-state index is 0.273. The van der Waals surface area contributed by atoms with Crippen molar-refractivity contribution < 1.29 is 28.8 Å². The smallest absolute Gasteiger partial charge is 0.223 e. The Hall–Kier alpha value is -1.67. The first-order chi connectivity index (χ1) is 11.7. The van der Waals surface area contributed by atoms with E-state index in [1.165, 1.54) is 6.92 Å². The van der Waals surface area contributed by atoms with Crippen LogP contribution in [0.5, 0.6) is 5.75 Å². The first-order valence-corrected chi connectivity index (χ1v) is 8.41. The highest BCUT2D eigenvalue weighted by molar-refractivity contribution is 5.73. The zero-order chi connectivity index (χ0) is 18.2. The third-order valence-electron chi connectivity index (χ3n) is 4.33. The molecule has 0 radical (unpaired) electrons. The number of aryl methyl sites for hydroxylation is 1. The van der Waals surface area contributed by atoms with Crippen molar-refractivity contribution in [2.24, 2.45) is 0 Å². The molecule has 0 saturated carbocycles. The Balaban J connectivity index is 1.80. The van der Waals surface area contributed by atoms with E-state index in [9.17, 15) is 9.90 Å². The minimum atomic E-state index is -0.985. The quantitative estimate of drug-likeness (QED) is 0.849. The molecule has 2 aliphatic rings. The van der Waals surface area contributed by atoms with Crippen molar-refractivity contribution in [2.45, 2.75) is 64.1 Å². The van der Waals surface area contributed by atoms with Gasteiger partial charge in [-0.1, -0.05) is 17.7 Å². The van der Waals surface area contributed by atoms with Gasteiger partial charge in [0.25, 0.3) is 0 Å². The number of hydrogen-bond acceptors (Lipinski definition) is 6.